The SMILES string of the molecule is Cc1cc(Br)c(NCc2cc(C)nn2C)c(Br)c1. The molecule has 0 fully saturated rings. The van der Waals surface area contributed by atoms with Gasteiger partial charge in [-0.1, -0.05) is 0 Å². The minimum Gasteiger partial charge on any atom is -0.378 e. The number of rotatable bonds is 3. The van der Waals surface area contributed by atoms with E-state index in [9.17, 15) is 0 Å². The molecule has 0 amide bonds. The molecule has 0 aliphatic carbocycles. The third kappa shape index (κ3) is 2.95. The molecule has 0 atom stereocenters. The zero-order chi connectivity index (χ0) is 13.3. The molecule has 5 heteroatoms. The van der Waals surface area contributed by atoms with Crippen LogP contribution in [-0.4, -0.2) is 9.78 Å². The van der Waals surface area contributed by atoms with E-state index in [2.05, 4.69) is 67.4 Å². The summed E-state index contributed by atoms with van der Waals surface area (Å²) in [6.45, 7) is 4.82. The van der Waals surface area contributed by atoms with Crippen LogP contribution in [-0.2, 0) is 13.6 Å². The van der Waals surface area contributed by atoms with E-state index in [4.69, 9.17) is 0 Å². The van der Waals surface area contributed by atoms with Gasteiger partial charge in [0.25, 0.3) is 0 Å². The van der Waals surface area contributed by atoms with Crippen molar-refractivity contribution in [3.8, 4) is 0 Å². The van der Waals surface area contributed by atoms with Crippen molar-refractivity contribution in [2.75, 3.05) is 5.32 Å². The number of benzene rings is 1. The van der Waals surface area contributed by atoms with E-state index >= 15 is 0 Å². The van der Waals surface area contributed by atoms with E-state index in [0.717, 1.165) is 32.6 Å². The Hall–Kier alpha value is -0.810. The van der Waals surface area contributed by atoms with Gasteiger partial charge in [0.1, 0.15) is 0 Å². The van der Waals surface area contributed by atoms with Crippen LogP contribution in [0.1, 0.15) is 17.0 Å². The molecule has 1 aromatic heterocycles. The number of hydrogen-bond donors (Lipinski definition) is 1. The molecule has 1 N–H and O–H groups in total. The van der Waals surface area contributed by atoms with Crippen LogP contribution in [0.15, 0.2) is 27.1 Å². The van der Waals surface area contributed by atoms with Crippen LogP contribution in [0.5, 0.6) is 0 Å². The van der Waals surface area contributed by atoms with Crippen LogP contribution in [0, 0.1) is 13.8 Å². The highest BCUT2D eigenvalue weighted by molar-refractivity contribution is 9.11. The molecule has 1 aromatic carbocycles. The van der Waals surface area contributed by atoms with Crippen LogP contribution in [0.4, 0.5) is 5.69 Å². The summed E-state index contributed by atoms with van der Waals surface area (Å²) in [5.74, 6) is 0. The second-order valence-electron chi connectivity index (χ2n) is 4.36. The molecular formula is C13H15Br2N3. The third-order valence-electron chi connectivity index (χ3n) is 2.73. The Morgan fingerprint density at radius 1 is 1.17 bits per heavy atom. The fourth-order valence-electron chi connectivity index (χ4n) is 1.88. The lowest BCUT2D eigenvalue weighted by Gasteiger charge is -2.11. The van der Waals surface area contributed by atoms with Gasteiger partial charge in [0.2, 0.25) is 0 Å². The van der Waals surface area contributed by atoms with Gasteiger partial charge in [-0.05, 0) is 69.5 Å². The van der Waals surface area contributed by atoms with E-state index in [-0.39, 0.29) is 0 Å². The molecule has 3 nitrogen and oxygen atoms in total. The third-order valence-corrected chi connectivity index (χ3v) is 3.98. The fourth-order valence-corrected chi connectivity index (χ4v) is 3.57. The number of nitrogens with zero attached hydrogens (tertiary/aromatic N) is 2. The number of hydrogen-bond acceptors (Lipinski definition) is 2. The maximum atomic E-state index is 4.34. The molecule has 0 aliphatic heterocycles. The summed E-state index contributed by atoms with van der Waals surface area (Å²) in [6.07, 6.45) is 0. The van der Waals surface area contributed by atoms with Gasteiger partial charge in [0, 0.05) is 16.0 Å². The van der Waals surface area contributed by atoms with Gasteiger partial charge in [-0.15, -0.1) is 0 Å². The summed E-state index contributed by atoms with van der Waals surface area (Å²) in [5.41, 5.74) is 4.48. The standard InChI is InChI=1S/C13H15Br2N3/c1-8-4-11(14)13(12(15)5-8)16-7-10-6-9(2)17-18(10)3/h4-6,16H,7H2,1-3H3. The van der Waals surface area contributed by atoms with E-state index in [1.165, 1.54) is 5.56 Å². The molecule has 0 spiro atoms. The second kappa shape index (κ2) is 5.45. The molecule has 0 radical (unpaired) electrons. The van der Waals surface area contributed by atoms with E-state index in [1.54, 1.807) is 0 Å². The Labute approximate surface area is 124 Å². The van der Waals surface area contributed by atoms with Crippen molar-refractivity contribution in [3.63, 3.8) is 0 Å². The zero-order valence-electron chi connectivity index (χ0n) is 10.6. The Morgan fingerprint density at radius 3 is 2.28 bits per heavy atom. The van der Waals surface area contributed by atoms with E-state index in [0.29, 0.717) is 0 Å². The minimum atomic E-state index is 0.748. The topological polar surface area (TPSA) is 29.9 Å². The van der Waals surface area contributed by atoms with Crippen molar-refractivity contribution in [2.24, 2.45) is 7.05 Å². The van der Waals surface area contributed by atoms with Gasteiger partial charge in [-0.2, -0.15) is 5.10 Å². The predicted molar refractivity (Wildman–Crippen MR) is 81.9 cm³/mol. The van der Waals surface area contributed by atoms with Crippen molar-refractivity contribution in [2.45, 2.75) is 20.4 Å². The zero-order valence-corrected chi connectivity index (χ0v) is 13.8. The normalized spacial score (nSPS) is 10.7. The lowest BCUT2D eigenvalue weighted by Crippen LogP contribution is -2.06. The molecule has 96 valence electrons. The highest BCUT2D eigenvalue weighted by atomic mass is 79.9. The highest BCUT2D eigenvalue weighted by Crippen LogP contribution is 2.32. The van der Waals surface area contributed by atoms with Crippen molar-refractivity contribution in [1.82, 2.24) is 9.78 Å². The largest absolute Gasteiger partial charge is 0.378 e. The summed E-state index contributed by atoms with van der Waals surface area (Å²) < 4.78 is 4.03. The lowest BCUT2D eigenvalue weighted by atomic mass is 10.2. The monoisotopic (exact) mass is 371 g/mol. The van der Waals surface area contributed by atoms with Crippen molar-refractivity contribution < 1.29 is 0 Å². The molecule has 0 saturated carbocycles. The number of anilines is 1. The summed E-state index contributed by atoms with van der Waals surface area (Å²) in [5, 5.41) is 7.76. The summed E-state index contributed by atoms with van der Waals surface area (Å²) >= 11 is 7.16. The average Bonchev–Trinajstić information content (AvgIpc) is 2.55. The van der Waals surface area contributed by atoms with Gasteiger partial charge in [-0.3, -0.25) is 4.68 Å². The van der Waals surface area contributed by atoms with Crippen molar-refractivity contribution >= 4 is 37.5 Å². The van der Waals surface area contributed by atoms with Crippen molar-refractivity contribution in [1.29, 1.82) is 0 Å². The maximum Gasteiger partial charge on any atom is 0.0632 e. The van der Waals surface area contributed by atoms with Crippen LogP contribution in [0.3, 0.4) is 0 Å². The average molecular weight is 373 g/mol. The predicted octanol–water partition coefficient (Wildman–Crippen LogP) is 4.17. The van der Waals surface area contributed by atoms with Crippen LogP contribution in [0.2, 0.25) is 0 Å². The molecule has 0 saturated heterocycles. The Bertz CT molecular complexity index is 553. The minimum absolute atomic E-state index is 0.748. The number of nitrogens with one attached hydrogen (secondary N) is 1. The first kappa shape index (κ1) is 13.6. The molecule has 18 heavy (non-hydrogen) atoms. The molecule has 0 unspecified atom stereocenters. The molecule has 2 rings (SSSR count). The Balaban J connectivity index is 2.18. The highest BCUT2D eigenvalue weighted by Gasteiger charge is 2.07. The first-order valence-corrected chi connectivity index (χ1v) is 7.25. The quantitative estimate of drug-likeness (QED) is 0.875. The first-order chi connectivity index (χ1) is 8.47. The van der Waals surface area contributed by atoms with Gasteiger partial charge in [0.05, 0.1) is 23.6 Å². The fraction of sp³-hybridized carbons (Fsp3) is 0.308. The van der Waals surface area contributed by atoms with Gasteiger partial charge >= 0.3 is 0 Å². The smallest absolute Gasteiger partial charge is 0.0632 e. The molecule has 1 heterocycles. The summed E-state index contributed by atoms with van der Waals surface area (Å²) in [6, 6.07) is 6.28. The summed E-state index contributed by atoms with van der Waals surface area (Å²) in [7, 11) is 1.96. The molecule has 2 aromatic rings. The van der Waals surface area contributed by atoms with Crippen LogP contribution >= 0.6 is 31.9 Å². The number of aryl methyl sites for hydroxylation is 3. The second-order valence-corrected chi connectivity index (χ2v) is 6.07. The maximum absolute atomic E-state index is 4.34. The van der Waals surface area contributed by atoms with Crippen LogP contribution < -0.4 is 5.32 Å². The van der Waals surface area contributed by atoms with E-state index in [1.807, 2.05) is 18.7 Å². The summed E-state index contributed by atoms with van der Waals surface area (Å²) in [4.78, 5) is 0. The Morgan fingerprint density at radius 2 is 1.78 bits per heavy atom. The van der Waals surface area contributed by atoms with Crippen LogP contribution in [0.25, 0.3) is 0 Å². The number of halogens is 2. The van der Waals surface area contributed by atoms with E-state index < -0.39 is 0 Å². The van der Waals surface area contributed by atoms with Gasteiger partial charge in [-0.25, -0.2) is 0 Å². The van der Waals surface area contributed by atoms with Gasteiger partial charge < -0.3 is 5.32 Å². The van der Waals surface area contributed by atoms with Gasteiger partial charge in [0.15, 0.2) is 0 Å². The Kier molecular flexibility index (Phi) is 4.12. The first-order valence-electron chi connectivity index (χ1n) is 5.66. The molecule has 0 aliphatic rings. The molecular weight excluding hydrogens is 358 g/mol. The molecule has 0 bridgehead atoms. The van der Waals surface area contributed by atoms with Crippen molar-refractivity contribution in [3.05, 3.63) is 44.1 Å². The number of aromatic nitrogens is 2. The lowest BCUT2D eigenvalue weighted by molar-refractivity contribution is 0.713.